The number of aromatic hydroxyl groups is 1. The van der Waals surface area contributed by atoms with E-state index in [0.717, 1.165) is 5.56 Å². The van der Waals surface area contributed by atoms with Crippen molar-refractivity contribution in [2.75, 3.05) is 20.8 Å². The number of ether oxygens (including phenoxy) is 7. The quantitative estimate of drug-likeness (QED) is 0.145. The maximum atomic E-state index is 13.1. The summed E-state index contributed by atoms with van der Waals surface area (Å²) in [4.78, 5) is 13.1. The summed E-state index contributed by atoms with van der Waals surface area (Å²) in [7, 11) is 2.59. The zero-order valence-electron chi connectivity index (χ0n) is 25.8. The lowest BCUT2D eigenvalue weighted by atomic mass is 9.99. The molecule has 0 unspecified atom stereocenters. The van der Waals surface area contributed by atoms with Crippen LogP contribution in [0.5, 0.6) is 23.0 Å². The van der Waals surface area contributed by atoms with E-state index in [-0.39, 0.29) is 28.6 Å². The minimum atomic E-state index is -1.65. The Labute approximate surface area is 265 Å². The molecule has 2 aromatic rings. The van der Waals surface area contributed by atoms with Crippen molar-refractivity contribution in [1.82, 2.24) is 0 Å². The molecule has 0 aliphatic carbocycles. The molecular formula is C31H42O15. The molecule has 0 radical (unpaired) electrons. The van der Waals surface area contributed by atoms with Gasteiger partial charge in [-0.05, 0) is 56.5 Å². The summed E-state index contributed by atoms with van der Waals surface area (Å²) in [6, 6.07) is 9.23. The highest BCUT2D eigenvalue weighted by Crippen LogP contribution is 2.41. The third kappa shape index (κ3) is 8.17. The van der Waals surface area contributed by atoms with E-state index in [9.17, 15) is 40.5 Å². The molecule has 2 aromatic carbocycles. The Morgan fingerprint density at radius 3 is 2.02 bits per heavy atom. The Hall–Kier alpha value is -3.25. The van der Waals surface area contributed by atoms with Crippen LogP contribution in [0, 0.1) is 0 Å². The molecule has 0 amide bonds. The first kappa shape index (κ1) is 35.6. The molecule has 11 atom stereocenters. The van der Waals surface area contributed by atoms with Gasteiger partial charge in [-0.1, -0.05) is 12.1 Å². The lowest BCUT2D eigenvalue weighted by molar-refractivity contribution is -0.310. The number of hydrogen-bond donors (Lipinski definition) is 7. The van der Waals surface area contributed by atoms with Gasteiger partial charge in [-0.25, -0.2) is 4.79 Å². The Balaban J connectivity index is 1.39. The van der Waals surface area contributed by atoms with Crippen LogP contribution in [0.15, 0.2) is 36.4 Å². The molecule has 0 bridgehead atoms. The summed E-state index contributed by atoms with van der Waals surface area (Å²) in [5, 5.41) is 71.3. The molecule has 7 N–H and O–H groups in total. The highest BCUT2D eigenvalue weighted by Gasteiger charge is 2.46. The number of carbonyl (C=O) groups excluding carboxylic acids is 1. The first-order chi connectivity index (χ1) is 21.8. The number of methoxy groups -OCH3 is 2. The van der Waals surface area contributed by atoms with Gasteiger partial charge in [-0.15, -0.1) is 0 Å². The number of aryl methyl sites for hydroxylation is 1. The van der Waals surface area contributed by atoms with Crippen molar-refractivity contribution in [3.63, 3.8) is 0 Å². The molecule has 4 rings (SSSR count). The molecule has 15 heteroatoms. The number of benzene rings is 2. The van der Waals surface area contributed by atoms with Crippen molar-refractivity contribution >= 4 is 5.97 Å². The van der Waals surface area contributed by atoms with Crippen molar-refractivity contribution in [3.05, 3.63) is 47.5 Å². The molecule has 2 saturated heterocycles. The number of carbonyl (C=O) groups is 1. The number of phenols is 1. The van der Waals surface area contributed by atoms with Crippen LogP contribution in [0.3, 0.4) is 0 Å². The lowest BCUT2D eigenvalue weighted by Crippen LogP contribution is -2.59. The second-order valence-corrected chi connectivity index (χ2v) is 11.3. The molecule has 0 spiro atoms. The predicted molar refractivity (Wildman–Crippen MR) is 156 cm³/mol. The number of phenolic OH excluding ortho intramolecular Hbond substituents is 1. The van der Waals surface area contributed by atoms with E-state index in [1.165, 1.54) is 33.3 Å². The topological polar surface area (TPSA) is 223 Å². The van der Waals surface area contributed by atoms with Gasteiger partial charge < -0.3 is 68.9 Å². The standard InChI is InChI=1S/C31H42O15/c1-14(5-6-16-7-9-18(32)10-8-16)43-30-27(38)25(36)23(34)21(45-30)13-42-29(39)17-11-19(40-3)28(20(12-17)41-4)46-31-26(37)24(35)22(33)15(2)44-31/h7-12,14-15,21-27,30-38H,5-6,13H2,1-4H3/t14-,15+,21+,22+,23+,24+,25-,26-,27+,30+,31-/m1/s1. The van der Waals surface area contributed by atoms with Gasteiger partial charge in [0.1, 0.15) is 55.1 Å². The Morgan fingerprint density at radius 2 is 1.41 bits per heavy atom. The molecule has 15 nitrogen and oxygen atoms in total. The van der Waals surface area contributed by atoms with E-state index < -0.39 is 80.1 Å². The van der Waals surface area contributed by atoms with Crippen LogP contribution < -0.4 is 14.2 Å². The lowest BCUT2D eigenvalue weighted by Gasteiger charge is -2.40. The molecule has 0 aromatic heterocycles. The van der Waals surface area contributed by atoms with Crippen molar-refractivity contribution in [2.24, 2.45) is 0 Å². The fourth-order valence-electron chi connectivity index (χ4n) is 5.08. The van der Waals surface area contributed by atoms with E-state index >= 15 is 0 Å². The third-order valence-corrected chi connectivity index (χ3v) is 7.93. The predicted octanol–water partition coefficient (Wildman–Crippen LogP) is -0.382. The van der Waals surface area contributed by atoms with Crippen molar-refractivity contribution in [3.8, 4) is 23.0 Å². The fraction of sp³-hybridized carbons (Fsp3) is 0.581. The van der Waals surface area contributed by atoms with E-state index in [1.807, 2.05) is 0 Å². The van der Waals surface area contributed by atoms with E-state index in [2.05, 4.69) is 0 Å². The SMILES string of the molecule is COc1cc(C(=O)OC[C@@H]2O[C@H](O[C@H](C)CCc3ccc(O)cc3)[C@@H](O)[C@H](O)[C@H]2O)cc(OC)c1O[C@H]1O[C@@H](C)[C@H](O)[C@H](O)[C@H]1O. The number of aliphatic hydroxyl groups is 6. The van der Waals surface area contributed by atoms with Gasteiger partial charge in [0.05, 0.1) is 32.0 Å². The molecule has 46 heavy (non-hydrogen) atoms. The molecular weight excluding hydrogens is 612 g/mol. The maximum absolute atomic E-state index is 13.1. The van der Waals surface area contributed by atoms with Crippen molar-refractivity contribution < 1.29 is 73.7 Å². The zero-order valence-corrected chi connectivity index (χ0v) is 25.8. The van der Waals surface area contributed by atoms with Crippen LogP contribution >= 0.6 is 0 Å². The fourth-order valence-corrected chi connectivity index (χ4v) is 5.08. The minimum Gasteiger partial charge on any atom is -0.508 e. The zero-order chi connectivity index (χ0) is 33.7. The Morgan fingerprint density at radius 1 is 0.826 bits per heavy atom. The highest BCUT2D eigenvalue weighted by atomic mass is 16.7. The third-order valence-electron chi connectivity index (χ3n) is 7.93. The Kier molecular flexibility index (Phi) is 12.0. The first-order valence-electron chi connectivity index (χ1n) is 14.8. The average molecular weight is 655 g/mol. The maximum Gasteiger partial charge on any atom is 0.338 e. The summed E-state index contributed by atoms with van der Waals surface area (Å²) in [6.45, 7) is 2.73. The molecule has 2 heterocycles. The van der Waals surface area contributed by atoms with Crippen LogP contribution in [-0.2, 0) is 25.4 Å². The van der Waals surface area contributed by atoms with Gasteiger partial charge in [-0.3, -0.25) is 0 Å². The normalized spacial score (nSPS) is 32.0. The van der Waals surface area contributed by atoms with Crippen molar-refractivity contribution in [2.45, 2.75) is 94.2 Å². The summed E-state index contributed by atoms with van der Waals surface area (Å²) < 4.78 is 38.8. The van der Waals surface area contributed by atoms with Crippen LogP contribution in [0.4, 0.5) is 0 Å². The number of esters is 1. The summed E-state index contributed by atoms with van der Waals surface area (Å²) >= 11 is 0. The number of hydrogen-bond acceptors (Lipinski definition) is 15. The average Bonchev–Trinajstić information content (AvgIpc) is 3.05. The van der Waals surface area contributed by atoms with Crippen molar-refractivity contribution in [1.29, 1.82) is 0 Å². The van der Waals surface area contributed by atoms with E-state index in [4.69, 9.17) is 33.2 Å². The molecule has 2 aliphatic rings. The van der Waals surface area contributed by atoms with Gasteiger partial charge in [0, 0.05) is 0 Å². The first-order valence-corrected chi connectivity index (χ1v) is 14.8. The minimum absolute atomic E-state index is 0.0161. The van der Waals surface area contributed by atoms with Gasteiger partial charge in [0.2, 0.25) is 12.0 Å². The van der Waals surface area contributed by atoms with Gasteiger partial charge in [0.15, 0.2) is 17.8 Å². The van der Waals surface area contributed by atoms with E-state index in [0.29, 0.717) is 12.8 Å². The van der Waals surface area contributed by atoms with Gasteiger partial charge >= 0.3 is 5.97 Å². The largest absolute Gasteiger partial charge is 0.508 e. The highest BCUT2D eigenvalue weighted by molar-refractivity contribution is 5.91. The van der Waals surface area contributed by atoms with E-state index in [1.54, 1.807) is 31.2 Å². The van der Waals surface area contributed by atoms with Crippen LogP contribution in [0.25, 0.3) is 0 Å². The summed E-state index contributed by atoms with van der Waals surface area (Å²) in [5.41, 5.74) is 0.899. The second kappa shape index (κ2) is 15.6. The van der Waals surface area contributed by atoms with Crippen LogP contribution in [0.2, 0.25) is 0 Å². The number of aliphatic hydroxyl groups excluding tert-OH is 6. The van der Waals surface area contributed by atoms with Crippen LogP contribution in [0.1, 0.15) is 36.2 Å². The monoisotopic (exact) mass is 654 g/mol. The van der Waals surface area contributed by atoms with Gasteiger partial charge in [0.25, 0.3) is 0 Å². The molecule has 0 saturated carbocycles. The van der Waals surface area contributed by atoms with Gasteiger partial charge in [-0.2, -0.15) is 0 Å². The Bertz CT molecular complexity index is 1260. The van der Waals surface area contributed by atoms with Crippen LogP contribution in [-0.4, -0.2) is 130 Å². The number of rotatable bonds is 12. The summed E-state index contributed by atoms with van der Waals surface area (Å²) in [5.74, 6) is -0.834. The second-order valence-electron chi connectivity index (χ2n) is 11.3. The smallest absolute Gasteiger partial charge is 0.338 e. The molecule has 2 fully saturated rings. The molecule has 2 aliphatic heterocycles. The molecule has 256 valence electrons. The summed E-state index contributed by atoms with van der Waals surface area (Å²) in [6.07, 6.45) is -13.5.